The van der Waals surface area contributed by atoms with Crippen molar-refractivity contribution >= 4 is 17.0 Å². The number of unbranched alkanes of at least 4 members (excludes halogenated alkanes) is 13. The lowest BCUT2D eigenvalue weighted by Gasteiger charge is -2.06. The first-order chi connectivity index (χ1) is 15.7. The molecular weight excluding hydrogens is 398 g/mol. The molecular formula is C27H45N3O2. The second kappa shape index (κ2) is 15.7. The number of carbonyl (C=O) groups excluding carboxylic acids is 1. The van der Waals surface area contributed by atoms with Crippen LogP contribution in [0.3, 0.4) is 0 Å². The van der Waals surface area contributed by atoms with Crippen molar-refractivity contribution in [2.24, 2.45) is 0 Å². The number of nitrogens with one attached hydrogen (secondary N) is 1. The van der Waals surface area contributed by atoms with Gasteiger partial charge in [0, 0.05) is 6.54 Å². The molecule has 0 bridgehead atoms. The van der Waals surface area contributed by atoms with E-state index in [0.717, 1.165) is 24.0 Å². The van der Waals surface area contributed by atoms with Crippen LogP contribution in [0, 0.1) is 5.41 Å². The molecule has 5 heteroatoms. The fraction of sp³-hybridized carbons (Fsp3) is 0.704. The molecule has 1 N–H and O–H groups in total. The third-order valence-corrected chi connectivity index (χ3v) is 6.30. The summed E-state index contributed by atoms with van der Waals surface area (Å²) in [6, 6.07) is 7.98. The predicted octanol–water partition coefficient (Wildman–Crippen LogP) is 6.97. The Bertz CT molecular complexity index is 837. The van der Waals surface area contributed by atoms with Gasteiger partial charge in [-0.2, -0.15) is 0 Å². The number of hydrogen-bond acceptors (Lipinski definition) is 3. The minimum absolute atomic E-state index is 0.0962. The van der Waals surface area contributed by atoms with Gasteiger partial charge < -0.3 is 9.30 Å². The Labute approximate surface area is 194 Å². The fourth-order valence-electron chi connectivity index (χ4n) is 4.48. The molecule has 0 saturated heterocycles. The maximum absolute atomic E-state index is 12.0. The minimum atomic E-state index is -0.287. The number of aromatic nitrogens is 2. The molecule has 0 aliphatic heterocycles. The number of imidazole rings is 1. The summed E-state index contributed by atoms with van der Waals surface area (Å²) in [5.74, 6) is -0.287. The van der Waals surface area contributed by atoms with Crippen molar-refractivity contribution in [3.05, 3.63) is 29.9 Å². The van der Waals surface area contributed by atoms with Gasteiger partial charge in [-0.15, -0.1) is 0 Å². The van der Waals surface area contributed by atoms with E-state index in [1.54, 1.807) is 4.57 Å². The van der Waals surface area contributed by atoms with Crippen molar-refractivity contribution in [3.8, 4) is 0 Å². The van der Waals surface area contributed by atoms with E-state index in [0.29, 0.717) is 12.2 Å². The van der Waals surface area contributed by atoms with Crippen LogP contribution in [-0.2, 0) is 22.6 Å². The summed E-state index contributed by atoms with van der Waals surface area (Å²) in [5, 5.41) is 8.59. The molecule has 0 saturated carbocycles. The molecule has 0 fully saturated rings. The zero-order valence-corrected chi connectivity index (χ0v) is 20.5. The van der Waals surface area contributed by atoms with Crippen LogP contribution in [0.1, 0.15) is 104 Å². The molecule has 2 rings (SSSR count). The molecule has 0 aliphatic rings. The summed E-state index contributed by atoms with van der Waals surface area (Å²) in [7, 11) is 0. The van der Waals surface area contributed by atoms with Crippen molar-refractivity contribution in [1.29, 1.82) is 5.41 Å². The molecule has 1 heterocycles. The number of esters is 1. The van der Waals surface area contributed by atoms with Crippen LogP contribution < -0.4 is 5.62 Å². The smallest absolute Gasteiger partial charge is 0.326 e. The van der Waals surface area contributed by atoms with Crippen molar-refractivity contribution in [2.45, 2.75) is 117 Å². The van der Waals surface area contributed by atoms with E-state index in [2.05, 4.69) is 6.92 Å². The molecule has 0 radical (unpaired) electrons. The summed E-state index contributed by atoms with van der Waals surface area (Å²) in [6.07, 6.45) is 18.8. The van der Waals surface area contributed by atoms with Crippen LogP contribution in [0.25, 0.3) is 11.0 Å². The number of ether oxygens (including phenoxy) is 1. The Balaban J connectivity index is 1.65. The number of nitrogens with zero attached hydrogens (tertiary/aromatic N) is 2. The summed E-state index contributed by atoms with van der Waals surface area (Å²) >= 11 is 0. The molecule has 0 unspecified atom stereocenters. The SMILES string of the molecule is CCCCCCCCCCCCCCCCn1c(=N)n(CC(=O)OCC)c2ccccc21. The third kappa shape index (κ3) is 8.84. The number of hydrogen-bond donors (Lipinski definition) is 1. The molecule has 32 heavy (non-hydrogen) atoms. The second-order valence-electron chi connectivity index (χ2n) is 8.95. The van der Waals surface area contributed by atoms with E-state index in [1.807, 2.05) is 35.8 Å². The lowest BCUT2D eigenvalue weighted by Crippen LogP contribution is -2.28. The van der Waals surface area contributed by atoms with Gasteiger partial charge in [-0.1, -0.05) is 103 Å². The van der Waals surface area contributed by atoms with Crippen LogP contribution in [0.15, 0.2) is 24.3 Å². The van der Waals surface area contributed by atoms with Gasteiger partial charge in [0.25, 0.3) is 0 Å². The third-order valence-electron chi connectivity index (χ3n) is 6.30. The van der Waals surface area contributed by atoms with Crippen LogP contribution >= 0.6 is 0 Å². The summed E-state index contributed by atoms with van der Waals surface area (Å²) in [4.78, 5) is 12.0. The van der Waals surface area contributed by atoms with E-state index >= 15 is 0 Å². The minimum Gasteiger partial charge on any atom is -0.465 e. The Morgan fingerprint density at radius 1 is 0.750 bits per heavy atom. The van der Waals surface area contributed by atoms with Crippen LogP contribution in [0.5, 0.6) is 0 Å². The maximum Gasteiger partial charge on any atom is 0.326 e. The van der Waals surface area contributed by atoms with Crippen molar-refractivity contribution in [2.75, 3.05) is 6.61 Å². The highest BCUT2D eigenvalue weighted by atomic mass is 16.5. The van der Waals surface area contributed by atoms with Crippen LogP contribution in [0.4, 0.5) is 0 Å². The zero-order valence-electron chi connectivity index (χ0n) is 20.5. The molecule has 5 nitrogen and oxygen atoms in total. The highest BCUT2D eigenvalue weighted by Gasteiger charge is 2.13. The average Bonchev–Trinajstić information content (AvgIpc) is 3.05. The summed E-state index contributed by atoms with van der Waals surface area (Å²) in [5.41, 5.74) is 2.33. The van der Waals surface area contributed by atoms with E-state index < -0.39 is 0 Å². The second-order valence-corrected chi connectivity index (χ2v) is 8.95. The first-order valence-corrected chi connectivity index (χ1v) is 13.1. The largest absolute Gasteiger partial charge is 0.465 e. The first-order valence-electron chi connectivity index (χ1n) is 13.1. The first kappa shape index (κ1) is 26.2. The monoisotopic (exact) mass is 443 g/mol. The highest BCUT2D eigenvalue weighted by molar-refractivity contribution is 5.78. The zero-order chi connectivity index (χ0) is 23.0. The van der Waals surface area contributed by atoms with Gasteiger partial charge in [-0.3, -0.25) is 14.8 Å². The molecule has 180 valence electrons. The predicted molar refractivity (Wildman–Crippen MR) is 133 cm³/mol. The fourth-order valence-corrected chi connectivity index (χ4v) is 4.48. The Kier molecular flexibility index (Phi) is 12.9. The number of fused-ring (bicyclic) bond motifs is 1. The van der Waals surface area contributed by atoms with Gasteiger partial charge in [0.05, 0.1) is 17.6 Å². The van der Waals surface area contributed by atoms with E-state index in [9.17, 15) is 4.79 Å². The van der Waals surface area contributed by atoms with Gasteiger partial charge in [0.2, 0.25) is 5.62 Å². The maximum atomic E-state index is 12.0. The van der Waals surface area contributed by atoms with Crippen molar-refractivity contribution in [1.82, 2.24) is 9.13 Å². The summed E-state index contributed by atoms with van der Waals surface area (Å²) in [6.45, 7) is 5.37. The van der Waals surface area contributed by atoms with Crippen molar-refractivity contribution < 1.29 is 9.53 Å². The van der Waals surface area contributed by atoms with E-state index in [1.165, 1.54) is 83.5 Å². The lowest BCUT2D eigenvalue weighted by atomic mass is 10.0. The molecule has 0 atom stereocenters. The lowest BCUT2D eigenvalue weighted by molar-refractivity contribution is -0.143. The molecule has 0 aliphatic carbocycles. The topological polar surface area (TPSA) is 60.0 Å². The molecule has 1 aromatic heterocycles. The average molecular weight is 444 g/mol. The highest BCUT2D eigenvalue weighted by Crippen LogP contribution is 2.16. The van der Waals surface area contributed by atoms with Crippen molar-refractivity contribution in [3.63, 3.8) is 0 Å². The molecule has 2 aromatic rings. The van der Waals surface area contributed by atoms with Gasteiger partial charge in [0.15, 0.2) is 0 Å². The van der Waals surface area contributed by atoms with Gasteiger partial charge in [-0.25, -0.2) is 0 Å². The van der Waals surface area contributed by atoms with E-state index in [4.69, 9.17) is 10.1 Å². The number of rotatable bonds is 18. The van der Waals surface area contributed by atoms with E-state index in [-0.39, 0.29) is 12.5 Å². The molecule has 1 aromatic carbocycles. The van der Waals surface area contributed by atoms with Crippen LogP contribution in [0.2, 0.25) is 0 Å². The molecule has 0 spiro atoms. The van der Waals surface area contributed by atoms with Gasteiger partial charge >= 0.3 is 5.97 Å². The normalized spacial score (nSPS) is 11.3. The Morgan fingerprint density at radius 3 is 1.72 bits per heavy atom. The summed E-state index contributed by atoms with van der Waals surface area (Å²) < 4.78 is 8.89. The molecule has 0 amide bonds. The number of benzene rings is 1. The van der Waals surface area contributed by atoms with Gasteiger partial charge in [0.1, 0.15) is 6.54 Å². The number of para-hydroxylation sites is 2. The number of aryl methyl sites for hydroxylation is 1. The Hall–Kier alpha value is -2.04. The quantitative estimate of drug-likeness (QED) is 0.200. The standard InChI is InChI=1S/C27H45N3O2/c1-3-5-6-7-8-9-10-11-12-13-14-15-16-19-22-29-24-20-17-18-21-25(24)30(27(29)28)23-26(31)32-4-2/h17-18,20-21,28H,3-16,19,22-23H2,1-2H3. The van der Waals surface area contributed by atoms with Gasteiger partial charge in [-0.05, 0) is 25.5 Å². The number of carbonyl (C=O) groups is 1. The Morgan fingerprint density at radius 2 is 1.22 bits per heavy atom. The van der Waals surface area contributed by atoms with Crippen LogP contribution in [-0.4, -0.2) is 21.7 Å².